The first-order valence-corrected chi connectivity index (χ1v) is 12.8. The molecule has 8 heteroatoms. The molecule has 2 aromatic carbocycles. The fourth-order valence-corrected chi connectivity index (χ4v) is 3.67. The molecule has 0 radical (unpaired) electrons. The lowest BCUT2D eigenvalue weighted by Gasteiger charge is -2.28. The summed E-state index contributed by atoms with van der Waals surface area (Å²) in [5.74, 6) is -0.00415. The van der Waals surface area contributed by atoms with Crippen molar-refractivity contribution in [1.29, 1.82) is 0 Å². The molecule has 2 N–H and O–H groups in total. The van der Waals surface area contributed by atoms with Crippen LogP contribution in [-0.2, 0) is 24.5 Å². The predicted octanol–water partition coefficient (Wildman–Crippen LogP) is 4.51. The average Bonchev–Trinajstić information content (AvgIpc) is 2.90. The van der Waals surface area contributed by atoms with Crippen LogP contribution in [0.2, 0.25) is 0 Å². The summed E-state index contributed by atoms with van der Waals surface area (Å²) >= 11 is 0. The van der Waals surface area contributed by atoms with Crippen LogP contribution in [0.25, 0.3) is 0 Å². The molecule has 0 amide bonds. The molecule has 39 heavy (non-hydrogen) atoms. The smallest absolute Gasteiger partial charge is 0.333 e. The number of hydrogen-bond donors (Lipinski definition) is 2. The Hall–Kier alpha value is -3.62. The first-order chi connectivity index (χ1) is 18.3. The summed E-state index contributed by atoms with van der Waals surface area (Å²) in [5, 5.41) is 19.5. The zero-order valence-electron chi connectivity index (χ0n) is 23.6. The first kappa shape index (κ1) is 31.6. The molecule has 212 valence electrons. The summed E-state index contributed by atoms with van der Waals surface area (Å²) in [6.45, 7) is 17.1. The topological polar surface area (TPSA) is 112 Å². The molecule has 0 bridgehead atoms. The highest BCUT2D eigenvalue weighted by Crippen LogP contribution is 2.34. The second kappa shape index (κ2) is 14.0. The second-order valence-electron chi connectivity index (χ2n) is 10.1. The van der Waals surface area contributed by atoms with Gasteiger partial charge in [-0.25, -0.2) is 9.59 Å². The van der Waals surface area contributed by atoms with Crippen molar-refractivity contribution in [2.45, 2.75) is 71.4 Å². The third-order valence-corrected chi connectivity index (χ3v) is 6.42. The lowest BCUT2D eigenvalue weighted by molar-refractivity contribution is -0.149. The fraction of sp³-hybridized carbons (Fsp3) is 0.419. The minimum atomic E-state index is -0.727. The summed E-state index contributed by atoms with van der Waals surface area (Å²) < 4.78 is 22.3. The lowest BCUT2D eigenvalue weighted by atomic mass is 9.78. The van der Waals surface area contributed by atoms with Crippen LogP contribution in [0, 0.1) is 0 Å². The van der Waals surface area contributed by atoms with Crippen molar-refractivity contribution >= 4 is 11.9 Å². The molecule has 0 saturated heterocycles. The van der Waals surface area contributed by atoms with Crippen LogP contribution in [0.3, 0.4) is 0 Å². The minimum Gasteiger partial charge on any atom is -0.484 e. The van der Waals surface area contributed by atoms with Gasteiger partial charge in [0.15, 0.2) is 12.2 Å². The Balaban J connectivity index is 2.09. The van der Waals surface area contributed by atoms with Gasteiger partial charge in [-0.3, -0.25) is 0 Å². The molecule has 0 spiro atoms. The Kier molecular flexibility index (Phi) is 11.3. The quantitative estimate of drug-likeness (QED) is 0.266. The zero-order valence-corrected chi connectivity index (χ0v) is 23.6. The van der Waals surface area contributed by atoms with Crippen molar-refractivity contribution in [2.24, 2.45) is 0 Å². The Bertz CT molecular complexity index is 1040. The minimum absolute atomic E-state index is 0.275. The van der Waals surface area contributed by atoms with Gasteiger partial charge >= 0.3 is 11.9 Å². The Labute approximate surface area is 230 Å². The van der Waals surface area contributed by atoms with Gasteiger partial charge in [-0.1, -0.05) is 51.3 Å². The van der Waals surface area contributed by atoms with Crippen molar-refractivity contribution in [1.82, 2.24) is 0 Å². The lowest BCUT2D eigenvalue weighted by Crippen LogP contribution is -2.36. The highest BCUT2D eigenvalue weighted by molar-refractivity contribution is 5.87. The molecule has 4 atom stereocenters. The van der Waals surface area contributed by atoms with Gasteiger partial charge in [-0.2, -0.15) is 0 Å². The normalized spacial score (nSPS) is 14.4. The maximum atomic E-state index is 11.8. The van der Waals surface area contributed by atoms with E-state index < -0.39 is 36.4 Å². The van der Waals surface area contributed by atoms with E-state index in [0.29, 0.717) is 11.5 Å². The van der Waals surface area contributed by atoms with E-state index in [0.717, 1.165) is 11.1 Å². The van der Waals surface area contributed by atoms with Crippen LogP contribution in [0.5, 0.6) is 11.5 Å². The molecule has 2 rings (SSSR count). The number of esters is 2. The van der Waals surface area contributed by atoms with E-state index >= 15 is 0 Å². The van der Waals surface area contributed by atoms with E-state index in [1.807, 2.05) is 48.5 Å². The van der Waals surface area contributed by atoms with E-state index in [2.05, 4.69) is 27.0 Å². The SMILES string of the molecule is C=C(C)C(=O)OC(C)C(CO)Oc1ccc(C(C)(C)c2ccc(OC(CO)C(C)OC(=O)C(=C)C)cc2)cc1. The summed E-state index contributed by atoms with van der Waals surface area (Å²) in [6, 6.07) is 15.0. The molecule has 0 aliphatic heterocycles. The van der Waals surface area contributed by atoms with E-state index in [4.69, 9.17) is 18.9 Å². The van der Waals surface area contributed by atoms with E-state index in [1.165, 1.54) is 0 Å². The molecule has 8 nitrogen and oxygen atoms in total. The summed E-state index contributed by atoms with van der Waals surface area (Å²) in [4.78, 5) is 23.6. The van der Waals surface area contributed by atoms with Crippen LogP contribution in [-0.4, -0.2) is 59.8 Å². The molecular weight excluding hydrogens is 500 g/mol. The van der Waals surface area contributed by atoms with Crippen LogP contribution < -0.4 is 9.47 Å². The largest absolute Gasteiger partial charge is 0.484 e. The van der Waals surface area contributed by atoms with Crippen LogP contribution in [0.4, 0.5) is 0 Å². The van der Waals surface area contributed by atoms with Crippen LogP contribution in [0.15, 0.2) is 72.8 Å². The van der Waals surface area contributed by atoms with Crippen LogP contribution in [0.1, 0.15) is 52.7 Å². The predicted molar refractivity (Wildman–Crippen MR) is 149 cm³/mol. The molecule has 2 aromatic rings. The van der Waals surface area contributed by atoms with Gasteiger partial charge in [0.05, 0.1) is 13.2 Å². The average molecular weight is 541 g/mol. The summed E-state index contributed by atoms with van der Waals surface area (Å²) in [7, 11) is 0. The van der Waals surface area contributed by atoms with Gasteiger partial charge in [-0.05, 0) is 63.1 Å². The Morgan fingerprint density at radius 1 is 0.718 bits per heavy atom. The van der Waals surface area contributed by atoms with Gasteiger partial charge < -0.3 is 29.2 Å². The standard InChI is InChI=1S/C31H40O8/c1-19(2)29(34)36-21(5)27(17-32)38-25-13-9-23(10-14-25)31(7,8)24-11-15-26(16-12-24)39-28(18-33)22(6)37-30(35)20(3)4/h9-16,21-22,27-28,32-33H,1,3,17-18H2,2,4-8H3. The molecule has 0 heterocycles. The molecule has 0 aliphatic rings. The number of rotatable bonds is 14. The number of benzene rings is 2. The number of ether oxygens (including phenoxy) is 4. The molecule has 0 aliphatic carbocycles. The fourth-order valence-electron chi connectivity index (χ4n) is 3.67. The third-order valence-electron chi connectivity index (χ3n) is 6.42. The number of aliphatic hydroxyl groups is 2. The third kappa shape index (κ3) is 8.70. The van der Waals surface area contributed by atoms with Gasteiger partial charge in [0.1, 0.15) is 23.7 Å². The number of carbonyl (C=O) groups excluding carboxylic acids is 2. The number of carbonyl (C=O) groups is 2. The highest BCUT2D eigenvalue weighted by atomic mass is 16.6. The van der Waals surface area contributed by atoms with Crippen molar-refractivity contribution < 1.29 is 38.7 Å². The van der Waals surface area contributed by atoms with Crippen molar-refractivity contribution in [2.75, 3.05) is 13.2 Å². The second-order valence-corrected chi connectivity index (χ2v) is 10.1. The van der Waals surface area contributed by atoms with Gasteiger partial charge in [0.2, 0.25) is 0 Å². The molecular formula is C31H40O8. The first-order valence-electron chi connectivity index (χ1n) is 12.8. The Morgan fingerprint density at radius 3 is 1.28 bits per heavy atom. The highest BCUT2D eigenvalue weighted by Gasteiger charge is 2.26. The summed E-state index contributed by atoms with van der Waals surface area (Å²) in [6.07, 6.45) is -2.78. The molecule has 0 aromatic heterocycles. The zero-order chi connectivity index (χ0) is 29.3. The van der Waals surface area contributed by atoms with Crippen LogP contribution >= 0.6 is 0 Å². The molecule has 4 unspecified atom stereocenters. The van der Waals surface area contributed by atoms with Gasteiger partial charge in [0.25, 0.3) is 0 Å². The van der Waals surface area contributed by atoms with Gasteiger partial charge in [-0.15, -0.1) is 0 Å². The number of hydrogen-bond acceptors (Lipinski definition) is 8. The van der Waals surface area contributed by atoms with Crippen molar-refractivity contribution in [3.63, 3.8) is 0 Å². The Morgan fingerprint density at radius 2 is 1.03 bits per heavy atom. The van der Waals surface area contributed by atoms with E-state index in [-0.39, 0.29) is 29.8 Å². The summed E-state index contributed by atoms with van der Waals surface area (Å²) in [5.41, 5.74) is 2.24. The monoisotopic (exact) mass is 540 g/mol. The maximum absolute atomic E-state index is 11.8. The van der Waals surface area contributed by atoms with Crippen molar-refractivity contribution in [3.8, 4) is 11.5 Å². The number of aliphatic hydroxyl groups excluding tert-OH is 2. The van der Waals surface area contributed by atoms with E-state index in [1.54, 1.807) is 27.7 Å². The van der Waals surface area contributed by atoms with Crippen molar-refractivity contribution in [3.05, 3.63) is 84.0 Å². The molecule has 0 fully saturated rings. The van der Waals surface area contributed by atoms with E-state index in [9.17, 15) is 19.8 Å². The van der Waals surface area contributed by atoms with Gasteiger partial charge in [0, 0.05) is 16.6 Å². The molecule has 0 saturated carbocycles. The maximum Gasteiger partial charge on any atom is 0.333 e.